The fraction of sp³-hybridized carbons (Fsp3) is 0.214. The Morgan fingerprint density at radius 1 is 1.08 bits per heavy atom. The van der Waals surface area contributed by atoms with Crippen LogP contribution in [0.25, 0.3) is 0 Å². The van der Waals surface area contributed by atoms with Gasteiger partial charge in [0.1, 0.15) is 24.1 Å². The van der Waals surface area contributed by atoms with Gasteiger partial charge in [-0.25, -0.2) is 9.38 Å². The molecule has 3 aromatic rings. The van der Waals surface area contributed by atoms with Gasteiger partial charge in [0, 0.05) is 5.71 Å². The van der Waals surface area contributed by atoms with Crippen LogP contribution in [0.15, 0.2) is 77.8 Å². The molecule has 2 unspecified atom stereocenters. The summed E-state index contributed by atoms with van der Waals surface area (Å²) in [5.74, 6) is -0.881. The topological polar surface area (TPSA) is 83.7 Å². The van der Waals surface area contributed by atoms with Gasteiger partial charge in [0.15, 0.2) is 5.11 Å². The highest BCUT2D eigenvalue weighted by Crippen LogP contribution is 2.30. The second kappa shape index (κ2) is 11.6. The summed E-state index contributed by atoms with van der Waals surface area (Å²) in [5, 5.41) is 12.5. The third-order valence-electron chi connectivity index (χ3n) is 5.94. The third kappa shape index (κ3) is 6.12. The highest BCUT2D eigenvalue weighted by Gasteiger charge is 2.38. The van der Waals surface area contributed by atoms with Crippen molar-refractivity contribution in [2.75, 3.05) is 7.11 Å². The molecule has 1 N–H and O–H groups in total. The van der Waals surface area contributed by atoms with Crippen LogP contribution in [-0.2, 0) is 22.6 Å². The fourth-order valence-electron chi connectivity index (χ4n) is 4.15. The normalized spacial score (nSPS) is 16.9. The number of aryl methyl sites for hydroxylation is 1. The monoisotopic (exact) mass is 501 g/mol. The SMILES string of the molecule is COc1cccc(CCC2=NC(=S)NC(c3ccc(F)cc3)C2C(=O)OCc2cccc(C#N)c2)c1. The zero-order valence-electron chi connectivity index (χ0n) is 19.6. The lowest BCUT2D eigenvalue weighted by Crippen LogP contribution is -2.45. The van der Waals surface area contributed by atoms with Gasteiger partial charge in [-0.2, -0.15) is 5.26 Å². The van der Waals surface area contributed by atoms with Crippen LogP contribution in [0.1, 0.15) is 34.7 Å². The molecular formula is C28H24FN3O3S. The molecule has 0 fully saturated rings. The number of nitrogens with one attached hydrogen (secondary N) is 1. The molecule has 1 aliphatic heterocycles. The van der Waals surface area contributed by atoms with E-state index in [0.29, 0.717) is 35.2 Å². The maximum atomic E-state index is 13.6. The van der Waals surface area contributed by atoms with E-state index in [4.69, 9.17) is 27.0 Å². The molecule has 6 nitrogen and oxygen atoms in total. The molecule has 0 saturated heterocycles. The fourth-order valence-corrected chi connectivity index (χ4v) is 4.39. The van der Waals surface area contributed by atoms with Crippen molar-refractivity contribution in [2.24, 2.45) is 10.9 Å². The van der Waals surface area contributed by atoms with Gasteiger partial charge in [-0.05, 0) is 78.1 Å². The number of thiocarbonyl (C=S) groups is 1. The first-order chi connectivity index (χ1) is 17.5. The van der Waals surface area contributed by atoms with Crippen LogP contribution in [0, 0.1) is 23.1 Å². The van der Waals surface area contributed by atoms with Crippen LogP contribution in [0.3, 0.4) is 0 Å². The van der Waals surface area contributed by atoms with Crippen LogP contribution in [-0.4, -0.2) is 23.9 Å². The maximum absolute atomic E-state index is 13.6. The summed E-state index contributed by atoms with van der Waals surface area (Å²) in [4.78, 5) is 18.0. The Hall–Kier alpha value is -4.09. The molecule has 4 rings (SSSR count). The van der Waals surface area contributed by atoms with Crippen LogP contribution >= 0.6 is 12.2 Å². The average Bonchev–Trinajstić information content (AvgIpc) is 2.91. The predicted octanol–water partition coefficient (Wildman–Crippen LogP) is 5.07. The molecule has 0 aliphatic carbocycles. The van der Waals surface area contributed by atoms with Gasteiger partial charge >= 0.3 is 5.97 Å². The average molecular weight is 502 g/mol. The van der Waals surface area contributed by atoms with E-state index in [-0.39, 0.29) is 17.5 Å². The molecule has 182 valence electrons. The summed E-state index contributed by atoms with van der Waals surface area (Å²) in [6.07, 6.45) is 1.08. The number of carbonyl (C=O) groups is 1. The zero-order valence-corrected chi connectivity index (χ0v) is 20.4. The molecule has 0 aromatic heterocycles. The lowest BCUT2D eigenvalue weighted by molar-refractivity contribution is -0.148. The summed E-state index contributed by atoms with van der Waals surface area (Å²) >= 11 is 5.39. The molecule has 3 aromatic carbocycles. The maximum Gasteiger partial charge on any atom is 0.317 e. The molecule has 0 bridgehead atoms. The number of hydrogen-bond donors (Lipinski definition) is 1. The van der Waals surface area contributed by atoms with Gasteiger partial charge in [0.25, 0.3) is 0 Å². The number of methoxy groups -OCH3 is 1. The van der Waals surface area contributed by atoms with Gasteiger partial charge in [-0.3, -0.25) is 4.79 Å². The minimum atomic E-state index is -0.771. The summed E-state index contributed by atoms with van der Waals surface area (Å²) in [6.45, 7) is 0.00853. The predicted molar refractivity (Wildman–Crippen MR) is 138 cm³/mol. The molecule has 0 saturated carbocycles. The van der Waals surface area contributed by atoms with Gasteiger partial charge < -0.3 is 14.8 Å². The summed E-state index contributed by atoms with van der Waals surface area (Å²) < 4.78 is 24.6. The largest absolute Gasteiger partial charge is 0.497 e. The summed E-state index contributed by atoms with van der Waals surface area (Å²) in [7, 11) is 1.61. The summed E-state index contributed by atoms with van der Waals surface area (Å²) in [6, 6.07) is 22.0. The van der Waals surface area contributed by atoms with Gasteiger partial charge in [-0.1, -0.05) is 36.4 Å². The van der Waals surface area contributed by atoms with Gasteiger partial charge in [0.2, 0.25) is 0 Å². The van der Waals surface area contributed by atoms with Crippen LogP contribution in [0.2, 0.25) is 0 Å². The van der Waals surface area contributed by atoms with Crippen molar-refractivity contribution in [3.63, 3.8) is 0 Å². The van der Waals surface area contributed by atoms with Gasteiger partial charge in [0.05, 0.1) is 24.8 Å². The first kappa shape index (κ1) is 25.0. The lowest BCUT2D eigenvalue weighted by Gasteiger charge is -2.32. The van der Waals surface area contributed by atoms with E-state index >= 15 is 0 Å². The number of rotatable bonds is 8. The Labute approximate surface area is 214 Å². The van der Waals surface area contributed by atoms with Crippen molar-refractivity contribution >= 4 is 29.0 Å². The number of esters is 1. The van der Waals surface area contributed by atoms with Crippen LogP contribution < -0.4 is 10.1 Å². The third-order valence-corrected chi connectivity index (χ3v) is 6.15. The smallest absolute Gasteiger partial charge is 0.317 e. The standard InChI is InChI=1S/C28H24FN3O3S/c1-34-23-7-3-4-18(15-23)8-13-24-25(27(33)35-17-20-6-2-5-19(14-20)16-30)26(32-28(36)31-24)21-9-11-22(29)12-10-21/h2-7,9-12,14-15,25-26H,8,13,17H2,1H3,(H,32,36). The molecule has 36 heavy (non-hydrogen) atoms. The van der Waals surface area contributed by atoms with Crippen LogP contribution in [0.4, 0.5) is 4.39 Å². The number of nitrogens with zero attached hydrogens (tertiary/aromatic N) is 2. The molecule has 0 spiro atoms. The van der Waals surface area contributed by atoms with Crippen LogP contribution in [0.5, 0.6) is 5.75 Å². The number of benzene rings is 3. The van der Waals surface area contributed by atoms with Crippen molar-refractivity contribution in [1.82, 2.24) is 5.32 Å². The van der Waals surface area contributed by atoms with Crippen molar-refractivity contribution in [3.8, 4) is 11.8 Å². The Morgan fingerprint density at radius 3 is 2.58 bits per heavy atom. The number of nitriles is 1. The first-order valence-electron chi connectivity index (χ1n) is 11.4. The summed E-state index contributed by atoms with van der Waals surface area (Å²) in [5.41, 5.74) is 3.50. The number of carbonyl (C=O) groups excluding carboxylic acids is 1. The number of halogens is 1. The number of ether oxygens (including phenoxy) is 2. The van der Waals surface area contributed by atoms with Crippen molar-refractivity contribution in [2.45, 2.75) is 25.5 Å². The van der Waals surface area contributed by atoms with E-state index in [0.717, 1.165) is 11.3 Å². The second-order valence-electron chi connectivity index (χ2n) is 8.33. The van der Waals surface area contributed by atoms with E-state index in [1.165, 1.54) is 12.1 Å². The van der Waals surface area contributed by atoms with E-state index in [1.54, 1.807) is 43.5 Å². The second-order valence-corrected chi connectivity index (χ2v) is 8.72. The van der Waals surface area contributed by atoms with Crippen molar-refractivity contribution in [3.05, 3.63) is 101 Å². The van der Waals surface area contributed by atoms with Crippen molar-refractivity contribution in [1.29, 1.82) is 5.26 Å². The Bertz CT molecular complexity index is 1330. The Balaban J connectivity index is 1.60. The molecule has 2 atom stereocenters. The molecule has 8 heteroatoms. The Kier molecular flexibility index (Phi) is 8.03. The number of hydrogen-bond acceptors (Lipinski definition) is 5. The molecule has 1 heterocycles. The highest BCUT2D eigenvalue weighted by molar-refractivity contribution is 7.80. The molecule has 1 aliphatic rings. The minimum Gasteiger partial charge on any atom is -0.497 e. The van der Waals surface area contributed by atoms with E-state index in [1.807, 2.05) is 24.3 Å². The molecular weight excluding hydrogens is 477 g/mol. The van der Waals surface area contributed by atoms with E-state index < -0.39 is 17.9 Å². The number of aliphatic imine (C=N–C) groups is 1. The molecule has 0 radical (unpaired) electrons. The first-order valence-corrected chi connectivity index (χ1v) is 11.8. The quantitative estimate of drug-likeness (QED) is 0.343. The molecule has 0 amide bonds. The van der Waals surface area contributed by atoms with E-state index in [2.05, 4.69) is 16.4 Å². The zero-order chi connectivity index (χ0) is 25.5. The minimum absolute atomic E-state index is 0.00853. The van der Waals surface area contributed by atoms with Crippen molar-refractivity contribution < 1.29 is 18.7 Å². The van der Waals surface area contributed by atoms with Gasteiger partial charge in [-0.15, -0.1) is 0 Å². The highest BCUT2D eigenvalue weighted by atomic mass is 32.1. The lowest BCUT2D eigenvalue weighted by atomic mass is 9.85. The Morgan fingerprint density at radius 2 is 1.83 bits per heavy atom. The van der Waals surface area contributed by atoms with E-state index in [9.17, 15) is 9.18 Å².